The summed E-state index contributed by atoms with van der Waals surface area (Å²) in [6.07, 6.45) is 0.976. The number of nitrogens with zero attached hydrogens (tertiary/aromatic N) is 1. The van der Waals surface area contributed by atoms with Crippen molar-refractivity contribution in [3.8, 4) is 11.5 Å². The van der Waals surface area contributed by atoms with Gasteiger partial charge in [-0.25, -0.2) is 5.32 Å². The number of hydrogen-bond acceptors (Lipinski definition) is 3. The van der Waals surface area contributed by atoms with Gasteiger partial charge in [-0.15, -0.1) is 0 Å². The van der Waals surface area contributed by atoms with Crippen molar-refractivity contribution in [2.75, 3.05) is 26.4 Å². The monoisotopic (exact) mass is 219 g/mol. The summed E-state index contributed by atoms with van der Waals surface area (Å²) in [6, 6.07) is 6.53. The van der Waals surface area contributed by atoms with Crippen LogP contribution in [0, 0.1) is 0 Å². The molecule has 1 aromatic carbocycles. The van der Waals surface area contributed by atoms with E-state index in [1.807, 2.05) is 6.07 Å². The van der Waals surface area contributed by atoms with E-state index in [4.69, 9.17) is 9.47 Å². The molecule has 85 valence electrons. The highest BCUT2D eigenvalue weighted by atomic mass is 16.7. The number of rotatable bonds is 2. The quantitative estimate of drug-likeness (QED) is 0.789. The Labute approximate surface area is 94.9 Å². The Bertz CT molecular complexity index is 375. The van der Waals surface area contributed by atoms with Crippen molar-refractivity contribution in [1.82, 2.24) is 10.6 Å². The first-order valence-electron chi connectivity index (χ1n) is 5.68. The lowest BCUT2D eigenvalue weighted by Gasteiger charge is -2.22. The Kier molecular flexibility index (Phi) is 2.68. The molecule has 4 nitrogen and oxygen atoms in total. The minimum atomic E-state index is 0.341. The van der Waals surface area contributed by atoms with Gasteiger partial charge in [-0.3, -0.25) is 0 Å². The van der Waals surface area contributed by atoms with Crippen LogP contribution in [0.2, 0.25) is 0 Å². The fraction of sp³-hybridized carbons (Fsp3) is 0.500. The van der Waals surface area contributed by atoms with E-state index in [0.717, 1.165) is 37.6 Å². The number of nitrogens with one attached hydrogen (secondary N) is 1. The van der Waals surface area contributed by atoms with E-state index >= 15 is 0 Å². The summed E-state index contributed by atoms with van der Waals surface area (Å²) in [5.41, 5.74) is 1.27. The minimum absolute atomic E-state index is 0.341. The van der Waals surface area contributed by atoms with Crippen LogP contribution in [0.25, 0.3) is 0 Å². The van der Waals surface area contributed by atoms with Crippen molar-refractivity contribution in [2.45, 2.75) is 12.5 Å². The number of hydrogen-bond donors (Lipinski definition) is 1. The first-order valence-corrected chi connectivity index (χ1v) is 5.68. The van der Waals surface area contributed by atoms with Crippen LogP contribution in [0.1, 0.15) is 5.56 Å². The Morgan fingerprint density at radius 2 is 2.25 bits per heavy atom. The Balaban J connectivity index is 1.69. The zero-order chi connectivity index (χ0) is 10.8. The molecule has 0 amide bonds. The van der Waals surface area contributed by atoms with Gasteiger partial charge in [0.15, 0.2) is 11.5 Å². The van der Waals surface area contributed by atoms with Gasteiger partial charge < -0.3 is 14.8 Å². The zero-order valence-corrected chi connectivity index (χ0v) is 9.11. The van der Waals surface area contributed by atoms with Gasteiger partial charge in [-0.1, -0.05) is 6.07 Å². The summed E-state index contributed by atoms with van der Waals surface area (Å²) in [5.74, 6) is 1.71. The minimum Gasteiger partial charge on any atom is -0.454 e. The predicted octanol–water partition coefficient (Wildman–Crippen LogP) is 0.534. The van der Waals surface area contributed by atoms with Crippen molar-refractivity contribution in [1.29, 1.82) is 0 Å². The molecule has 1 saturated heterocycles. The molecule has 2 heterocycles. The summed E-state index contributed by atoms with van der Waals surface area (Å²) >= 11 is 0. The summed E-state index contributed by atoms with van der Waals surface area (Å²) in [4.78, 5) is 0. The maximum absolute atomic E-state index is 5.36. The molecule has 1 atom stereocenters. The SMILES string of the molecule is c1cc2c(cc1CC1CNCC[N]1)OCO2. The summed E-state index contributed by atoms with van der Waals surface area (Å²) in [5, 5.41) is 7.94. The van der Waals surface area contributed by atoms with Crippen LogP contribution in [-0.4, -0.2) is 32.5 Å². The van der Waals surface area contributed by atoms with E-state index < -0.39 is 0 Å². The Morgan fingerprint density at radius 3 is 3.12 bits per heavy atom. The number of fused-ring (bicyclic) bond motifs is 1. The van der Waals surface area contributed by atoms with Crippen molar-refractivity contribution < 1.29 is 9.47 Å². The van der Waals surface area contributed by atoms with Gasteiger partial charge in [0.05, 0.1) is 0 Å². The van der Waals surface area contributed by atoms with E-state index in [-0.39, 0.29) is 0 Å². The average molecular weight is 219 g/mol. The largest absolute Gasteiger partial charge is 0.454 e. The second kappa shape index (κ2) is 4.31. The second-order valence-electron chi connectivity index (χ2n) is 4.16. The summed E-state index contributed by atoms with van der Waals surface area (Å²) in [6.45, 7) is 3.26. The predicted molar refractivity (Wildman–Crippen MR) is 59.9 cm³/mol. The smallest absolute Gasteiger partial charge is 0.231 e. The fourth-order valence-electron chi connectivity index (χ4n) is 2.14. The molecule has 1 N–H and O–H groups in total. The first-order chi connectivity index (χ1) is 7.92. The van der Waals surface area contributed by atoms with Gasteiger partial charge in [0.2, 0.25) is 6.79 Å². The third-order valence-electron chi connectivity index (χ3n) is 2.96. The van der Waals surface area contributed by atoms with Gasteiger partial charge in [0.1, 0.15) is 0 Å². The molecule has 0 bridgehead atoms. The van der Waals surface area contributed by atoms with Crippen LogP contribution in [0.3, 0.4) is 0 Å². The van der Waals surface area contributed by atoms with Gasteiger partial charge in [-0.2, -0.15) is 0 Å². The van der Waals surface area contributed by atoms with Crippen LogP contribution < -0.4 is 20.1 Å². The molecule has 3 rings (SSSR count). The highest BCUT2D eigenvalue weighted by Gasteiger charge is 2.17. The van der Waals surface area contributed by atoms with Crippen molar-refractivity contribution in [2.24, 2.45) is 0 Å². The van der Waals surface area contributed by atoms with E-state index in [2.05, 4.69) is 22.8 Å². The molecule has 1 fully saturated rings. The normalized spacial score (nSPS) is 23.4. The second-order valence-corrected chi connectivity index (χ2v) is 4.16. The number of piperazine rings is 1. The number of ether oxygens (including phenoxy) is 2. The van der Waals surface area contributed by atoms with Crippen LogP contribution >= 0.6 is 0 Å². The lowest BCUT2D eigenvalue weighted by atomic mass is 10.0. The van der Waals surface area contributed by atoms with Crippen molar-refractivity contribution in [3.63, 3.8) is 0 Å². The molecule has 0 spiro atoms. The van der Waals surface area contributed by atoms with Gasteiger partial charge in [0, 0.05) is 25.7 Å². The van der Waals surface area contributed by atoms with Crippen LogP contribution in [0.15, 0.2) is 18.2 Å². The molecule has 2 aliphatic rings. The van der Waals surface area contributed by atoms with Crippen molar-refractivity contribution >= 4 is 0 Å². The van der Waals surface area contributed by atoms with E-state index in [0.29, 0.717) is 12.8 Å². The van der Waals surface area contributed by atoms with Crippen LogP contribution in [-0.2, 0) is 6.42 Å². The van der Waals surface area contributed by atoms with Gasteiger partial charge in [-0.05, 0) is 24.1 Å². The van der Waals surface area contributed by atoms with E-state index in [1.54, 1.807) is 0 Å². The molecule has 16 heavy (non-hydrogen) atoms. The molecule has 1 aromatic rings. The first kappa shape index (κ1) is 9.93. The van der Waals surface area contributed by atoms with Gasteiger partial charge in [0.25, 0.3) is 0 Å². The zero-order valence-electron chi connectivity index (χ0n) is 9.11. The van der Waals surface area contributed by atoms with E-state index in [1.165, 1.54) is 5.56 Å². The van der Waals surface area contributed by atoms with Crippen LogP contribution in [0.4, 0.5) is 0 Å². The highest BCUT2D eigenvalue weighted by molar-refractivity contribution is 5.44. The molecular weight excluding hydrogens is 204 g/mol. The standard InChI is InChI=1S/C12H15N2O2/c1-2-11-12(16-8-15-11)6-9(1)5-10-7-13-3-4-14-10/h1-2,6,10,13H,3-5,7-8H2. The molecule has 1 unspecified atom stereocenters. The average Bonchev–Trinajstić information content (AvgIpc) is 2.77. The molecule has 4 heteroatoms. The molecular formula is C12H15N2O2. The van der Waals surface area contributed by atoms with Gasteiger partial charge >= 0.3 is 0 Å². The molecule has 1 radical (unpaired) electrons. The topological polar surface area (TPSA) is 44.6 Å². The maximum Gasteiger partial charge on any atom is 0.231 e. The molecule has 0 saturated carbocycles. The Morgan fingerprint density at radius 1 is 1.31 bits per heavy atom. The van der Waals surface area contributed by atoms with E-state index in [9.17, 15) is 0 Å². The molecule has 0 aliphatic carbocycles. The van der Waals surface area contributed by atoms with Crippen molar-refractivity contribution in [3.05, 3.63) is 23.8 Å². The Hall–Kier alpha value is -1.26. The van der Waals surface area contributed by atoms with Crippen LogP contribution in [0.5, 0.6) is 11.5 Å². The lowest BCUT2D eigenvalue weighted by molar-refractivity contribution is 0.174. The lowest BCUT2D eigenvalue weighted by Crippen LogP contribution is -2.45. The highest BCUT2D eigenvalue weighted by Crippen LogP contribution is 2.32. The molecule has 0 aromatic heterocycles. The summed E-state index contributed by atoms with van der Waals surface area (Å²) < 4.78 is 10.6. The maximum atomic E-state index is 5.36. The fourth-order valence-corrected chi connectivity index (χ4v) is 2.14. The molecule has 2 aliphatic heterocycles. The summed E-state index contributed by atoms with van der Waals surface area (Å²) in [7, 11) is 0. The number of benzene rings is 1. The third kappa shape index (κ3) is 1.99. The third-order valence-corrected chi connectivity index (χ3v) is 2.96.